The van der Waals surface area contributed by atoms with Gasteiger partial charge in [0.1, 0.15) is 0 Å². The Kier molecular flexibility index (Phi) is 4.67. The Morgan fingerprint density at radius 3 is 2.13 bits per heavy atom. The zero-order valence-electron chi connectivity index (χ0n) is 10.8. The van der Waals surface area contributed by atoms with E-state index in [1.165, 1.54) is 38.8 Å². The molecule has 1 aliphatic carbocycles. The molecule has 0 bridgehead atoms. The number of piperidine rings is 1. The average Bonchev–Trinajstić information content (AvgIpc) is 2.23. The molecule has 2 fully saturated rings. The van der Waals surface area contributed by atoms with Crippen LogP contribution in [0.15, 0.2) is 0 Å². The van der Waals surface area contributed by atoms with Crippen LogP contribution in [0, 0.1) is 23.2 Å². The van der Waals surface area contributed by atoms with E-state index in [0.717, 1.165) is 5.92 Å². The van der Waals surface area contributed by atoms with Crippen LogP contribution in [0.5, 0.6) is 0 Å². The van der Waals surface area contributed by atoms with Crippen LogP contribution in [0.3, 0.4) is 0 Å². The molecule has 0 aromatic rings. The van der Waals surface area contributed by atoms with Crippen molar-refractivity contribution in [3.05, 3.63) is 0 Å². The highest BCUT2D eigenvalue weighted by molar-refractivity contribution is 5.11. The first kappa shape index (κ1) is 12.6. The van der Waals surface area contributed by atoms with Crippen molar-refractivity contribution < 1.29 is 0 Å². The second-order valence-corrected chi connectivity index (χ2v) is 4.80. The van der Waals surface area contributed by atoms with E-state index < -0.39 is 0 Å². The molecule has 1 nitrogen and oxygen atoms in total. The summed E-state index contributed by atoms with van der Waals surface area (Å²) in [5.41, 5.74) is 0.709. The Hall–Kier alpha value is -0.480. The van der Waals surface area contributed by atoms with Crippen LogP contribution < -0.4 is 0 Å². The predicted octanol–water partition coefficient (Wildman–Crippen LogP) is 3.16. The van der Waals surface area contributed by atoms with Crippen LogP contribution in [-0.4, -0.2) is 25.0 Å². The summed E-state index contributed by atoms with van der Waals surface area (Å²) >= 11 is 0. The van der Waals surface area contributed by atoms with Crippen LogP contribution in [-0.2, 0) is 0 Å². The summed E-state index contributed by atoms with van der Waals surface area (Å²) in [5, 5.41) is 0. The fourth-order valence-corrected chi connectivity index (χ4v) is 2.79. The van der Waals surface area contributed by atoms with E-state index in [-0.39, 0.29) is 0 Å². The molecule has 1 aliphatic heterocycles. The van der Waals surface area contributed by atoms with Gasteiger partial charge >= 0.3 is 0 Å². The van der Waals surface area contributed by atoms with Gasteiger partial charge in [-0.25, -0.2) is 0 Å². The van der Waals surface area contributed by atoms with E-state index in [0.29, 0.717) is 5.41 Å². The van der Waals surface area contributed by atoms with Gasteiger partial charge in [0.25, 0.3) is 0 Å². The average molecular weight is 207 g/mol. The minimum Gasteiger partial charge on any atom is -0.306 e. The molecule has 86 valence electrons. The summed E-state index contributed by atoms with van der Waals surface area (Å²) in [6, 6.07) is 0. The Bertz CT molecular complexity index is 230. The van der Waals surface area contributed by atoms with Crippen LogP contribution >= 0.6 is 0 Å². The van der Waals surface area contributed by atoms with Gasteiger partial charge in [-0.3, -0.25) is 0 Å². The molecule has 1 heteroatoms. The molecular formula is C14H25N. The van der Waals surface area contributed by atoms with Gasteiger partial charge in [0.2, 0.25) is 0 Å². The maximum absolute atomic E-state index is 3.30. The first-order valence-corrected chi connectivity index (χ1v) is 6.35. The molecule has 0 radical (unpaired) electrons. The normalized spacial score (nSPS) is 24.5. The van der Waals surface area contributed by atoms with Crippen LogP contribution in [0.2, 0.25) is 0 Å². The second kappa shape index (κ2) is 5.56. The van der Waals surface area contributed by atoms with Gasteiger partial charge in [0.15, 0.2) is 0 Å². The number of hydrogen-bond donors (Lipinski definition) is 0. The molecular weight excluding hydrogens is 182 g/mol. The Labute approximate surface area is 95.2 Å². The molecule has 2 aliphatic rings. The highest BCUT2D eigenvalue weighted by Gasteiger charge is 2.44. The molecule has 0 aromatic heterocycles. The summed E-state index contributed by atoms with van der Waals surface area (Å²) in [6.45, 7) is 8.55. The Morgan fingerprint density at radius 1 is 1.13 bits per heavy atom. The van der Waals surface area contributed by atoms with Crippen LogP contribution in [0.25, 0.3) is 0 Å². The number of hydrogen-bond acceptors (Lipinski definition) is 1. The number of nitrogens with zero attached hydrogens (tertiary/aromatic N) is 1. The van der Waals surface area contributed by atoms with E-state index in [2.05, 4.69) is 23.8 Å². The van der Waals surface area contributed by atoms with E-state index in [1.54, 1.807) is 0 Å². The van der Waals surface area contributed by atoms with E-state index in [9.17, 15) is 0 Å². The van der Waals surface area contributed by atoms with E-state index >= 15 is 0 Å². The summed E-state index contributed by atoms with van der Waals surface area (Å²) in [7, 11) is 2.23. The predicted molar refractivity (Wildman–Crippen MR) is 66.7 cm³/mol. The molecule has 0 atom stereocenters. The topological polar surface area (TPSA) is 3.24 Å². The summed E-state index contributed by atoms with van der Waals surface area (Å²) in [6.07, 6.45) is 5.57. The molecule has 1 heterocycles. The third kappa shape index (κ3) is 2.98. The number of rotatable bonds is 0. The monoisotopic (exact) mass is 207 g/mol. The molecule has 1 saturated heterocycles. The quantitative estimate of drug-likeness (QED) is 0.552. The van der Waals surface area contributed by atoms with Crippen LogP contribution in [0.4, 0.5) is 0 Å². The third-order valence-corrected chi connectivity index (χ3v) is 3.75. The van der Waals surface area contributed by atoms with Crippen LogP contribution in [0.1, 0.15) is 46.5 Å². The first-order chi connectivity index (χ1) is 7.24. The maximum Gasteiger partial charge on any atom is 0.0213 e. The van der Waals surface area contributed by atoms with Gasteiger partial charge in [0.05, 0.1) is 0 Å². The Balaban J connectivity index is 0.000000531. The van der Waals surface area contributed by atoms with Gasteiger partial charge in [-0.1, -0.05) is 13.8 Å². The largest absolute Gasteiger partial charge is 0.306 e. The molecule has 0 N–H and O–H groups in total. The lowest BCUT2D eigenvalue weighted by atomic mass is 9.58. The summed E-state index contributed by atoms with van der Waals surface area (Å²) < 4.78 is 0. The summed E-state index contributed by atoms with van der Waals surface area (Å²) in [5.74, 6) is 7.07. The Morgan fingerprint density at radius 2 is 1.67 bits per heavy atom. The van der Waals surface area contributed by atoms with Gasteiger partial charge in [-0.05, 0) is 58.2 Å². The minimum atomic E-state index is 0.709. The lowest BCUT2D eigenvalue weighted by molar-refractivity contribution is 0.0156. The molecule has 2 rings (SSSR count). The van der Waals surface area contributed by atoms with Gasteiger partial charge < -0.3 is 4.90 Å². The fraction of sp³-hybridized carbons (Fsp3) is 0.857. The smallest absolute Gasteiger partial charge is 0.0213 e. The molecule has 1 saturated carbocycles. The standard InChI is InChI=1S/C12H19N.C2H6/c1-3-4-11-9-12(10-11)5-7-13(2)8-6-12;1-2/h11H,5-10H2,1-2H3;1-2H3. The maximum atomic E-state index is 3.30. The molecule has 1 spiro atoms. The zero-order valence-corrected chi connectivity index (χ0v) is 10.8. The fourth-order valence-electron chi connectivity index (χ4n) is 2.79. The van der Waals surface area contributed by atoms with Crippen molar-refractivity contribution in [1.29, 1.82) is 0 Å². The van der Waals surface area contributed by atoms with Crippen molar-refractivity contribution in [2.45, 2.75) is 46.5 Å². The molecule has 0 aromatic carbocycles. The van der Waals surface area contributed by atoms with E-state index in [1.807, 2.05) is 20.8 Å². The molecule has 15 heavy (non-hydrogen) atoms. The third-order valence-electron chi connectivity index (χ3n) is 3.75. The van der Waals surface area contributed by atoms with E-state index in [4.69, 9.17) is 0 Å². The lowest BCUT2D eigenvalue weighted by Crippen LogP contribution is -2.45. The molecule has 0 unspecified atom stereocenters. The highest BCUT2D eigenvalue weighted by atomic mass is 15.1. The first-order valence-electron chi connectivity index (χ1n) is 6.35. The summed E-state index contributed by atoms with van der Waals surface area (Å²) in [4.78, 5) is 2.45. The van der Waals surface area contributed by atoms with Crippen molar-refractivity contribution in [1.82, 2.24) is 4.90 Å². The number of likely N-dealkylation sites (tertiary alicyclic amines) is 1. The van der Waals surface area contributed by atoms with Crippen molar-refractivity contribution >= 4 is 0 Å². The van der Waals surface area contributed by atoms with Gasteiger partial charge in [-0.2, -0.15) is 0 Å². The van der Waals surface area contributed by atoms with Crippen molar-refractivity contribution in [3.63, 3.8) is 0 Å². The second-order valence-electron chi connectivity index (χ2n) is 4.80. The van der Waals surface area contributed by atoms with Crippen molar-refractivity contribution in [2.75, 3.05) is 20.1 Å². The van der Waals surface area contributed by atoms with Crippen molar-refractivity contribution in [3.8, 4) is 11.8 Å². The van der Waals surface area contributed by atoms with Gasteiger partial charge in [-0.15, -0.1) is 11.8 Å². The molecule has 0 amide bonds. The highest BCUT2D eigenvalue weighted by Crippen LogP contribution is 2.52. The van der Waals surface area contributed by atoms with Gasteiger partial charge in [0, 0.05) is 5.92 Å². The minimum absolute atomic E-state index is 0.709. The SMILES string of the molecule is CC.CC#CC1CC2(CCN(C)CC2)C1. The zero-order chi connectivity index (χ0) is 11.3. The van der Waals surface area contributed by atoms with Crippen molar-refractivity contribution in [2.24, 2.45) is 11.3 Å². The lowest BCUT2D eigenvalue weighted by Gasteiger charge is -2.50.